The van der Waals surface area contributed by atoms with Crippen LogP contribution in [0.1, 0.15) is 53.9 Å². The summed E-state index contributed by atoms with van der Waals surface area (Å²) in [5.74, 6) is 0.996. The first kappa shape index (κ1) is 24.1. The molecule has 37 heavy (non-hydrogen) atoms. The number of nitrogens with one attached hydrogen (secondary N) is 2. The van der Waals surface area contributed by atoms with Gasteiger partial charge in [0.2, 0.25) is 11.8 Å². The maximum Gasteiger partial charge on any atom is 0.231 e. The molecule has 1 saturated carbocycles. The van der Waals surface area contributed by atoms with Crippen LogP contribution < -0.4 is 10.6 Å². The van der Waals surface area contributed by atoms with Crippen LogP contribution in [0.3, 0.4) is 0 Å². The maximum absolute atomic E-state index is 12.2. The Bertz CT molecular complexity index is 1230. The number of rotatable bonds is 8. The van der Waals surface area contributed by atoms with Crippen LogP contribution >= 0.6 is 0 Å². The summed E-state index contributed by atoms with van der Waals surface area (Å²) in [4.78, 5) is 32.8. The average molecular weight is 495 g/mol. The van der Waals surface area contributed by atoms with Gasteiger partial charge >= 0.3 is 0 Å². The van der Waals surface area contributed by atoms with Crippen LogP contribution in [-0.2, 0) is 22.4 Å². The number of amides is 2. The lowest BCUT2D eigenvalue weighted by Crippen LogP contribution is -2.16. The van der Waals surface area contributed by atoms with E-state index >= 15 is 0 Å². The number of hydrogen-bond donors (Lipinski definition) is 2. The Morgan fingerprint density at radius 2 is 1.14 bits per heavy atom. The zero-order valence-corrected chi connectivity index (χ0v) is 20.1. The lowest BCUT2D eigenvalue weighted by Gasteiger charge is -2.11. The number of carbonyl (C=O) groups excluding carboxylic acids is 2. The first-order valence-corrected chi connectivity index (χ1v) is 12.2. The van der Waals surface area contributed by atoms with Crippen molar-refractivity contribution in [2.45, 2.75) is 43.9 Å². The Balaban J connectivity index is 1.12. The third kappa shape index (κ3) is 6.54. The summed E-state index contributed by atoms with van der Waals surface area (Å²) < 4.78 is 0. The van der Waals surface area contributed by atoms with Gasteiger partial charge in [0.1, 0.15) is 0 Å². The lowest BCUT2D eigenvalue weighted by atomic mass is 9.99. The number of carbonyl (C=O) groups is 2. The van der Waals surface area contributed by atoms with Crippen LogP contribution in [0.2, 0.25) is 0 Å². The highest BCUT2D eigenvalue weighted by Gasteiger charge is 2.29. The molecule has 2 amide bonds. The number of anilines is 2. The van der Waals surface area contributed by atoms with Gasteiger partial charge in [-0.05, 0) is 67.8 Å². The lowest BCUT2D eigenvalue weighted by molar-refractivity contribution is -0.116. The smallest absolute Gasteiger partial charge is 0.231 e. The van der Waals surface area contributed by atoms with Crippen molar-refractivity contribution in [3.8, 4) is 0 Å². The van der Waals surface area contributed by atoms with E-state index in [9.17, 15) is 9.59 Å². The van der Waals surface area contributed by atoms with Gasteiger partial charge in [-0.25, -0.2) is 0 Å². The zero-order chi connectivity index (χ0) is 25.5. The van der Waals surface area contributed by atoms with Crippen LogP contribution in [0.5, 0.6) is 0 Å². The van der Waals surface area contributed by atoms with E-state index in [1.165, 1.54) is 0 Å². The van der Waals surface area contributed by atoms with Crippen molar-refractivity contribution >= 4 is 23.5 Å². The molecule has 1 aliphatic carbocycles. The van der Waals surface area contributed by atoms with Gasteiger partial charge in [0.25, 0.3) is 0 Å². The predicted octanol–water partition coefficient (Wildman–Crippen LogP) is 3.47. The summed E-state index contributed by atoms with van der Waals surface area (Å²) >= 11 is 0. The molecule has 4 aromatic rings. The van der Waals surface area contributed by atoms with Gasteiger partial charge in [-0.1, -0.05) is 12.1 Å². The highest BCUT2D eigenvalue weighted by Crippen LogP contribution is 2.42. The Labute approximate surface area is 214 Å². The summed E-state index contributed by atoms with van der Waals surface area (Å²) in [6.07, 6.45) is 6.51. The third-order valence-corrected chi connectivity index (χ3v) is 6.31. The van der Waals surface area contributed by atoms with Crippen molar-refractivity contribution in [1.29, 1.82) is 0 Å². The molecule has 2 N–H and O–H groups in total. The molecule has 10 heteroatoms. The van der Waals surface area contributed by atoms with Crippen molar-refractivity contribution < 1.29 is 9.59 Å². The van der Waals surface area contributed by atoms with Crippen LogP contribution in [0.25, 0.3) is 0 Å². The number of pyridine rings is 2. The summed E-state index contributed by atoms with van der Waals surface area (Å²) in [5.41, 5.74) is 3.20. The van der Waals surface area contributed by atoms with Crippen molar-refractivity contribution in [2.75, 3.05) is 10.6 Å². The van der Waals surface area contributed by atoms with Crippen molar-refractivity contribution in [3.63, 3.8) is 0 Å². The summed E-state index contributed by atoms with van der Waals surface area (Å²) in [7, 11) is 0. The molecule has 0 aliphatic heterocycles. The van der Waals surface area contributed by atoms with Crippen molar-refractivity contribution in [2.24, 2.45) is 0 Å². The summed E-state index contributed by atoms with van der Waals surface area (Å²) in [6, 6.07) is 18.3. The van der Waals surface area contributed by atoms with E-state index in [2.05, 4.69) is 41.0 Å². The van der Waals surface area contributed by atoms with Gasteiger partial charge in [0.15, 0.2) is 11.6 Å². The van der Waals surface area contributed by atoms with E-state index in [4.69, 9.17) is 0 Å². The van der Waals surface area contributed by atoms with Gasteiger partial charge in [-0.3, -0.25) is 19.6 Å². The SMILES string of the molecule is O=C(Cc1ccccn1)Nc1ccc([C@H]2CC[C@H](c3ccc(NC(=O)Cc4ccccn4)nn3)C2)nn1. The second kappa shape index (κ2) is 11.4. The Morgan fingerprint density at radius 3 is 1.51 bits per heavy atom. The van der Waals surface area contributed by atoms with E-state index in [0.717, 1.165) is 30.7 Å². The number of aromatic nitrogens is 6. The largest absolute Gasteiger partial charge is 0.309 e. The van der Waals surface area contributed by atoms with Gasteiger partial charge in [-0.15, -0.1) is 10.2 Å². The monoisotopic (exact) mass is 494 g/mol. The zero-order valence-electron chi connectivity index (χ0n) is 20.1. The van der Waals surface area contributed by atoms with Crippen LogP contribution in [0.15, 0.2) is 73.1 Å². The first-order chi connectivity index (χ1) is 18.1. The van der Waals surface area contributed by atoms with Crippen molar-refractivity contribution in [1.82, 2.24) is 30.4 Å². The van der Waals surface area contributed by atoms with Gasteiger partial charge in [0.05, 0.1) is 24.2 Å². The fourth-order valence-corrected chi connectivity index (χ4v) is 4.48. The van der Waals surface area contributed by atoms with E-state index < -0.39 is 0 Å². The molecule has 186 valence electrons. The molecule has 4 heterocycles. The molecule has 0 spiro atoms. The minimum absolute atomic E-state index is 0.183. The fraction of sp³-hybridized carbons (Fsp3) is 0.259. The van der Waals surface area contributed by atoms with Gasteiger partial charge in [0, 0.05) is 35.6 Å². The molecular formula is C27H26N8O2. The average Bonchev–Trinajstić information content (AvgIpc) is 3.41. The second-order valence-electron chi connectivity index (χ2n) is 8.99. The molecule has 0 saturated heterocycles. The molecule has 0 unspecified atom stereocenters. The first-order valence-electron chi connectivity index (χ1n) is 12.2. The van der Waals surface area contributed by atoms with Gasteiger partial charge in [-0.2, -0.15) is 10.2 Å². The fourth-order valence-electron chi connectivity index (χ4n) is 4.48. The van der Waals surface area contributed by atoms with Crippen LogP contribution in [-0.4, -0.2) is 42.2 Å². The standard InChI is InChI=1S/C27H26N8O2/c36-26(16-20-5-1-3-13-28-20)30-24-11-9-22(32-34-24)18-7-8-19(15-18)23-10-12-25(35-33-23)31-27(37)17-21-6-2-4-14-29-21/h1-6,9-14,18-19H,7-8,15-17H2,(H,30,34,36)(H,31,35,37)/t18-,19-/m0/s1. The van der Waals surface area contributed by atoms with E-state index in [-0.39, 0.29) is 36.5 Å². The number of hydrogen-bond acceptors (Lipinski definition) is 8. The van der Waals surface area contributed by atoms with Crippen molar-refractivity contribution in [3.05, 3.63) is 95.8 Å². The molecule has 0 aromatic carbocycles. The maximum atomic E-state index is 12.2. The molecule has 0 bridgehead atoms. The Kier molecular flexibility index (Phi) is 7.44. The van der Waals surface area contributed by atoms with Crippen LogP contribution in [0, 0.1) is 0 Å². The van der Waals surface area contributed by atoms with Crippen LogP contribution in [0.4, 0.5) is 11.6 Å². The second-order valence-corrected chi connectivity index (χ2v) is 8.99. The molecular weight excluding hydrogens is 468 g/mol. The third-order valence-electron chi connectivity index (χ3n) is 6.31. The topological polar surface area (TPSA) is 136 Å². The van der Waals surface area contributed by atoms with E-state index in [1.807, 2.05) is 48.5 Å². The normalized spacial score (nSPS) is 16.8. The molecule has 4 aromatic heterocycles. The molecule has 0 radical (unpaired) electrons. The molecule has 1 fully saturated rings. The molecule has 5 rings (SSSR count). The minimum atomic E-state index is -0.184. The molecule has 2 atom stereocenters. The Hall–Kier alpha value is -4.60. The quantitative estimate of drug-likeness (QED) is 0.380. The van der Waals surface area contributed by atoms with Gasteiger partial charge < -0.3 is 10.6 Å². The van der Waals surface area contributed by atoms with E-state index in [1.54, 1.807) is 24.5 Å². The molecule has 1 aliphatic rings. The highest BCUT2D eigenvalue weighted by atomic mass is 16.2. The highest BCUT2D eigenvalue weighted by molar-refractivity contribution is 5.91. The predicted molar refractivity (Wildman–Crippen MR) is 137 cm³/mol. The summed E-state index contributed by atoms with van der Waals surface area (Å²) in [6.45, 7) is 0. The summed E-state index contributed by atoms with van der Waals surface area (Å²) in [5, 5.41) is 22.7. The minimum Gasteiger partial charge on any atom is -0.309 e. The Morgan fingerprint density at radius 1 is 0.649 bits per heavy atom. The van der Waals surface area contributed by atoms with E-state index in [0.29, 0.717) is 23.0 Å². The number of nitrogens with zero attached hydrogens (tertiary/aromatic N) is 6. The molecule has 10 nitrogen and oxygen atoms in total.